The number of aliphatic hydroxyl groups excluding tert-OH is 2. The van der Waals surface area contributed by atoms with E-state index >= 15 is 0 Å². The number of Topliss-reactive ketones (excluding diaryl/α,β-unsaturated/α-hetero) is 1. The molecule has 0 amide bonds. The van der Waals surface area contributed by atoms with Gasteiger partial charge in [0.15, 0.2) is 5.78 Å². The van der Waals surface area contributed by atoms with E-state index in [9.17, 15) is 14.3 Å². The molecular formula is C12H15FO3S. The minimum Gasteiger partial charge on any atom is -0.394 e. The largest absolute Gasteiger partial charge is 0.394 e. The minimum absolute atomic E-state index is 0.218. The smallest absolute Gasteiger partial charge is 0.161 e. The Balaban J connectivity index is 2.96. The van der Waals surface area contributed by atoms with E-state index in [1.165, 1.54) is 24.8 Å². The van der Waals surface area contributed by atoms with Crippen LogP contribution in [0.15, 0.2) is 17.0 Å². The Labute approximate surface area is 104 Å². The third-order valence-corrected chi connectivity index (χ3v) is 3.48. The second-order valence-electron chi connectivity index (χ2n) is 3.80. The van der Waals surface area contributed by atoms with Gasteiger partial charge in [-0.15, -0.1) is 11.8 Å². The average Bonchev–Trinajstić information content (AvgIpc) is 2.29. The van der Waals surface area contributed by atoms with Crippen molar-refractivity contribution in [1.29, 1.82) is 0 Å². The Hall–Kier alpha value is -0.910. The van der Waals surface area contributed by atoms with Gasteiger partial charge in [-0.2, -0.15) is 0 Å². The fourth-order valence-electron chi connectivity index (χ4n) is 1.29. The highest BCUT2D eigenvalue weighted by molar-refractivity contribution is 7.99. The summed E-state index contributed by atoms with van der Waals surface area (Å²) in [5, 5.41) is 17.9. The summed E-state index contributed by atoms with van der Waals surface area (Å²) in [6.45, 7) is 2.66. The summed E-state index contributed by atoms with van der Waals surface area (Å²) in [5.74, 6) is -0.367. The van der Waals surface area contributed by atoms with Gasteiger partial charge in [0.25, 0.3) is 0 Å². The number of aryl methyl sites for hydroxylation is 1. The van der Waals surface area contributed by atoms with Crippen molar-refractivity contribution in [1.82, 2.24) is 0 Å². The van der Waals surface area contributed by atoms with Crippen molar-refractivity contribution in [3.05, 3.63) is 29.1 Å². The summed E-state index contributed by atoms with van der Waals surface area (Å²) in [4.78, 5) is 12.0. The van der Waals surface area contributed by atoms with Gasteiger partial charge < -0.3 is 10.2 Å². The lowest BCUT2D eigenvalue weighted by atomic mass is 10.1. The molecule has 2 N–H and O–H groups in total. The van der Waals surface area contributed by atoms with Gasteiger partial charge in [-0.25, -0.2) is 4.39 Å². The Morgan fingerprint density at radius 2 is 2.18 bits per heavy atom. The normalized spacial score (nSPS) is 12.5. The average molecular weight is 258 g/mol. The Morgan fingerprint density at radius 3 is 2.71 bits per heavy atom. The molecule has 0 radical (unpaired) electrons. The lowest BCUT2D eigenvalue weighted by molar-refractivity contribution is 0.101. The zero-order chi connectivity index (χ0) is 13.0. The molecule has 1 aromatic rings. The molecule has 1 atom stereocenters. The van der Waals surface area contributed by atoms with Crippen LogP contribution < -0.4 is 0 Å². The summed E-state index contributed by atoms with van der Waals surface area (Å²) in [6.07, 6.45) is -0.842. The Morgan fingerprint density at radius 1 is 1.53 bits per heavy atom. The quantitative estimate of drug-likeness (QED) is 0.624. The van der Waals surface area contributed by atoms with Crippen molar-refractivity contribution < 1.29 is 19.4 Å². The second-order valence-corrected chi connectivity index (χ2v) is 4.86. The first-order valence-corrected chi connectivity index (χ1v) is 6.17. The van der Waals surface area contributed by atoms with E-state index in [1.54, 1.807) is 13.0 Å². The molecule has 94 valence electrons. The zero-order valence-corrected chi connectivity index (χ0v) is 10.6. The van der Waals surface area contributed by atoms with Gasteiger partial charge in [0, 0.05) is 16.2 Å². The highest BCUT2D eigenvalue weighted by Crippen LogP contribution is 2.26. The molecule has 0 spiro atoms. The van der Waals surface area contributed by atoms with Gasteiger partial charge in [-0.1, -0.05) is 0 Å². The van der Waals surface area contributed by atoms with E-state index in [2.05, 4.69) is 0 Å². The van der Waals surface area contributed by atoms with Gasteiger partial charge in [0.2, 0.25) is 0 Å². The van der Waals surface area contributed by atoms with Crippen molar-refractivity contribution in [2.75, 3.05) is 12.4 Å². The summed E-state index contributed by atoms with van der Waals surface area (Å²) < 4.78 is 13.3. The molecule has 17 heavy (non-hydrogen) atoms. The van der Waals surface area contributed by atoms with Gasteiger partial charge in [0.05, 0.1) is 12.7 Å². The number of benzene rings is 1. The molecule has 0 saturated carbocycles. The van der Waals surface area contributed by atoms with E-state index in [0.29, 0.717) is 16.0 Å². The SMILES string of the molecule is CC(=O)c1cc(F)c(C)cc1SCC(O)CO. The summed E-state index contributed by atoms with van der Waals surface area (Å²) in [6, 6.07) is 2.80. The lowest BCUT2D eigenvalue weighted by Gasteiger charge is -2.11. The topological polar surface area (TPSA) is 57.5 Å². The minimum atomic E-state index is -0.842. The molecule has 0 aliphatic rings. The van der Waals surface area contributed by atoms with Crippen LogP contribution in [0.25, 0.3) is 0 Å². The van der Waals surface area contributed by atoms with Crippen molar-refractivity contribution >= 4 is 17.5 Å². The van der Waals surface area contributed by atoms with Gasteiger partial charge in [0.1, 0.15) is 5.82 Å². The summed E-state index contributed by atoms with van der Waals surface area (Å²) in [5.41, 5.74) is 0.763. The van der Waals surface area contributed by atoms with Crippen molar-refractivity contribution in [2.24, 2.45) is 0 Å². The number of rotatable bonds is 5. The van der Waals surface area contributed by atoms with Crippen molar-refractivity contribution in [3.63, 3.8) is 0 Å². The van der Waals surface area contributed by atoms with Crippen molar-refractivity contribution in [3.8, 4) is 0 Å². The fraction of sp³-hybridized carbons (Fsp3) is 0.417. The highest BCUT2D eigenvalue weighted by atomic mass is 32.2. The predicted molar refractivity (Wildman–Crippen MR) is 65.0 cm³/mol. The van der Waals surface area contributed by atoms with E-state index in [-0.39, 0.29) is 18.1 Å². The maximum absolute atomic E-state index is 13.3. The first kappa shape index (κ1) is 14.2. The number of hydrogen-bond acceptors (Lipinski definition) is 4. The number of ketones is 1. The van der Waals surface area contributed by atoms with Crippen LogP contribution in [0, 0.1) is 12.7 Å². The standard InChI is InChI=1S/C12H15FO3S/c1-7-3-12(17-6-9(16)5-14)10(8(2)15)4-11(7)13/h3-4,9,14,16H,5-6H2,1-2H3. The lowest BCUT2D eigenvalue weighted by Crippen LogP contribution is -2.15. The van der Waals surface area contributed by atoms with Gasteiger partial charge in [-0.3, -0.25) is 4.79 Å². The summed E-state index contributed by atoms with van der Waals surface area (Å²) >= 11 is 1.23. The molecule has 5 heteroatoms. The van der Waals surface area contributed by atoms with Crippen LogP contribution >= 0.6 is 11.8 Å². The summed E-state index contributed by atoms with van der Waals surface area (Å²) in [7, 11) is 0. The van der Waals surface area contributed by atoms with Gasteiger partial charge >= 0.3 is 0 Å². The third-order valence-electron chi connectivity index (χ3n) is 2.28. The fourth-order valence-corrected chi connectivity index (χ4v) is 2.38. The molecule has 1 unspecified atom stereocenters. The molecule has 0 aliphatic heterocycles. The molecule has 0 aromatic heterocycles. The highest BCUT2D eigenvalue weighted by Gasteiger charge is 2.13. The van der Waals surface area contributed by atoms with Crippen LogP contribution in [-0.2, 0) is 0 Å². The van der Waals surface area contributed by atoms with Gasteiger partial charge in [-0.05, 0) is 31.5 Å². The molecular weight excluding hydrogens is 243 g/mol. The number of carbonyl (C=O) groups is 1. The van der Waals surface area contributed by atoms with Crippen LogP contribution in [0.5, 0.6) is 0 Å². The predicted octanol–water partition coefficient (Wildman–Crippen LogP) is 1.78. The zero-order valence-electron chi connectivity index (χ0n) is 9.74. The molecule has 0 bridgehead atoms. The van der Waals surface area contributed by atoms with Crippen molar-refractivity contribution in [2.45, 2.75) is 24.8 Å². The van der Waals surface area contributed by atoms with E-state index in [0.717, 1.165) is 0 Å². The number of carbonyl (C=O) groups excluding carboxylic acids is 1. The van der Waals surface area contributed by atoms with E-state index < -0.39 is 11.9 Å². The van der Waals surface area contributed by atoms with Crippen LogP contribution in [0.2, 0.25) is 0 Å². The molecule has 0 saturated heterocycles. The molecule has 3 nitrogen and oxygen atoms in total. The molecule has 0 heterocycles. The first-order valence-electron chi connectivity index (χ1n) is 5.18. The third kappa shape index (κ3) is 3.80. The molecule has 0 aliphatic carbocycles. The first-order chi connectivity index (χ1) is 7.95. The molecule has 1 aromatic carbocycles. The Bertz CT molecular complexity index is 420. The number of hydrogen-bond donors (Lipinski definition) is 2. The van der Waals surface area contributed by atoms with Crippen LogP contribution in [0.3, 0.4) is 0 Å². The van der Waals surface area contributed by atoms with Crippen LogP contribution in [0.4, 0.5) is 4.39 Å². The number of thioether (sulfide) groups is 1. The van der Waals surface area contributed by atoms with E-state index in [4.69, 9.17) is 5.11 Å². The maximum Gasteiger partial charge on any atom is 0.161 e. The molecule has 0 fully saturated rings. The monoisotopic (exact) mass is 258 g/mol. The molecule has 1 rings (SSSR count). The van der Waals surface area contributed by atoms with Crippen LogP contribution in [-0.4, -0.2) is 34.5 Å². The second kappa shape index (κ2) is 6.14. The number of halogens is 1. The van der Waals surface area contributed by atoms with E-state index in [1.807, 2.05) is 0 Å². The van der Waals surface area contributed by atoms with Crippen LogP contribution in [0.1, 0.15) is 22.8 Å². The Kier molecular flexibility index (Phi) is 5.11. The maximum atomic E-state index is 13.3. The number of aliphatic hydroxyl groups is 2.